The van der Waals surface area contributed by atoms with Crippen LogP contribution in [0.2, 0.25) is 0 Å². The van der Waals surface area contributed by atoms with Crippen molar-refractivity contribution in [2.75, 3.05) is 0 Å². The summed E-state index contributed by atoms with van der Waals surface area (Å²) in [6.07, 6.45) is 0. The summed E-state index contributed by atoms with van der Waals surface area (Å²) in [6, 6.07) is 0. The van der Waals surface area contributed by atoms with E-state index in [4.69, 9.17) is 20.4 Å². The highest BCUT2D eigenvalue weighted by Crippen LogP contribution is 2.27. The van der Waals surface area contributed by atoms with Gasteiger partial charge in [0, 0.05) is 11.1 Å². The number of aromatic hydroxyl groups is 1. The summed E-state index contributed by atoms with van der Waals surface area (Å²) in [6.45, 7) is -1.88. The first-order valence-electron chi connectivity index (χ1n) is 4.35. The second-order valence-corrected chi connectivity index (χ2v) is 2.94. The van der Waals surface area contributed by atoms with Crippen LogP contribution < -0.4 is 0 Å². The third-order valence-electron chi connectivity index (χ3n) is 2.16. The minimum absolute atomic E-state index is 0.0275. The molecule has 0 spiro atoms. The summed E-state index contributed by atoms with van der Waals surface area (Å²) in [5, 5.41) is 45.4. The molecule has 0 aliphatic carbocycles. The summed E-state index contributed by atoms with van der Waals surface area (Å²) in [5.74, 6) is -0.346. The Balaban J connectivity index is 3.43. The SMILES string of the molecule is OCc1nc(CO)c(CO)c(CO)c1O. The Kier molecular flexibility index (Phi) is 3.98. The molecule has 1 rings (SSSR count). The van der Waals surface area contributed by atoms with Gasteiger partial charge in [-0.3, -0.25) is 0 Å². The third kappa shape index (κ3) is 2.07. The van der Waals surface area contributed by atoms with Crippen molar-refractivity contribution in [3.8, 4) is 5.75 Å². The molecular formula is C9H13NO5. The summed E-state index contributed by atoms with van der Waals surface area (Å²) in [7, 11) is 0. The molecule has 0 saturated heterocycles. The minimum Gasteiger partial charge on any atom is -0.506 e. The molecule has 0 aromatic carbocycles. The number of aliphatic hydroxyl groups excluding tert-OH is 4. The first-order chi connectivity index (χ1) is 7.19. The van der Waals surface area contributed by atoms with Gasteiger partial charge in [0.15, 0.2) is 0 Å². The average molecular weight is 215 g/mol. The number of pyridine rings is 1. The topological polar surface area (TPSA) is 114 Å². The van der Waals surface area contributed by atoms with E-state index in [1.54, 1.807) is 0 Å². The van der Waals surface area contributed by atoms with Crippen LogP contribution in [-0.2, 0) is 26.4 Å². The molecule has 6 heteroatoms. The highest BCUT2D eigenvalue weighted by molar-refractivity contribution is 5.43. The maximum atomic E-state index is 9.55. The quantitative estimate of drug-likeness (QED) is 0.429. The van der Waals surface area contributed by atoms with Crippen molar-refractivity contribution < 1.29 is 25.5 Å². The van der Waals surface area contributed by atoms with E-state index in [1.165, 1.54) is 0 Å². The summed E-state index contributed by atoms with van der Waals surface area (Å²) >= 11 is 0. The first kappa shape index (κ1) is 11.9. The van der Waals surface area contributed by atoms with Crippen LogP contribution in [0.3, 0.4) is 0 Å². The van der Waals surface area contributed by atoms with Crippen molar-refractivity contribution in [3.63, 3.8) is 0 Å². The van der Waals surface area contributed by atoms with Gasteiger partial charge in [-0.1, -0.05) is 0 Å². The lowest BCUT2D eigenvalue weighted by molar-refractivity contribution is 0.233. The lowest BCUT2D eigenvalue weighted by atomic mass is 10.0. The van der Waals surface area contributed by atoms with Crippen LogP contribution in [0, 0.1) is 0 Å². The molecule has 0 aliphatic rings. The van der Waals surface area contributed by atoms with Crippen molar-refractivity contribution in [2.45, 2.75) is 26.4 Å². The van der Waals surface area contributed by atoms with Gasteiger partial charge in [0.05, 0.1) is 32.1 Å². The normalized spacial score (nSPS) is 10.7. The maximum Gasteiger partial charge on any atom is 0.145 e. The zero-order valence-electron chi connectivity index (χ0n) is 8.01. The molecule has 1 aromatic heterocycles. The molecule has 0 aliphatic heterocycles. The van der Waals surface area contributed by atoms with E-state index in [1.807, 2.05) is 0 Å². The van der Waals surface area contributed by atoms with Gasteiger partial charge in [-0.25, -0.2) is 4.98 Å². The van der Waals surface area contributed by atoms with Crippen LogP contribution >= 0.6 is 0 Å². The number of aromatic nitrogens is 1. The van der Waals surface area contributed by atoms with Gasteiger partial charge in [-0.2, -0.15) is 0 Å². The van der Waals surface area contributed by atoms with Gasteiger partial charge in [0.1, 0.15) is 11.4 Å². The molecule has 5 N–H and O–H groups in total. The van der Waals surface area contributed by atoms with Crippen LogP contribution in [0.5, 0.6) is 5.75 Å². The van der Waals surface area contributed by atoms with Gasteiger partial charge in [-0.15, -0.1) is 0 Å². The largest absolute Gasteiger partial charge is 0.506 e. The lowest BCUT2D eigenvalue weighted by Crippen LogP contribution is -2.07. The van der Waals surface area contributed by atoms with Crippen LogP contribution in [0.25, 0.3) is 0 Å². The molecule has 6 nitrogen and oxygen atoms in total. The molecule has 84 valence electrons. The summed E-state index contributed by atoms with van der Waals surface area (Å²) in [5.41, 5.74) is 0.388. The van der Waals surface area contributed by atoms with Gasteiger partial charge in [0.25, 0.3) is 0 Å². The van der Waals surface area contributed by atoms with Crippen LogP contribution in [-0.4, -0.2) is 30.5 Å². The zero-order valence-corrected chi connectivity index (χ0v) is 8.01. The molecule has 0 radical (unpaired) electrons. The van der Waals surface area contributed by atoms with E-state index < -0.39 is 26.4 Å². The summed E-state index contributed by atoms with van der Waals surface area (Å²) < 4.78 is 0. The average Bonchev–Trinajstić information content (AvgIpc) is 2.28. The zero-order chi connectivity index (χ0) is 11.4. The maximum absolute atomic E-state index is 9.55. The molecule has 1 aromatic rings. The first-order valence-corrected chi connectivity index (χ1v) is 4.35. The fourth-order valence-electron chi connectivity index (χ4n) is 1.37. The number of aliphatic hydroxyl groups is 4. The van der Waals surface area contributed by atoms with Crippen molar-refractivity contribution >= 4 is 0 Å². The highest BCUT2D eigenvalue weighted by atomic mass is 16.3. The Labute approximate surface area is 86.1 Å². The minimum atomic E-state index is -0.502. The van der Waals surface area contributed by atoms with Crippen molar-refractivity contribution in [2.24, 2.45) is 0 Å². The number of hydrogen-bond donors (Lipinski definition) is 5. The molecule has 0 fully saturated rings. The molecular weight excluding hydrogens is 202 g/mol. The van der Waals surface area contributed by atoms with E-state index >= 15 is 0 Å². The second kappa shape index (κ2) is 5.04. The molecule has 0 saturated carbocycles. The van der Waals surface area contributed by atoms with Crippen molar-refractivity contribution in [1.82, 2.24) is 4.98 Å². The molecule has 1 heterocycles. The second-order valence-electron chi connectivity index (χ2n) is 2.94. The van der Waals surface area contributed by atoms with Gasteiger partial charge in [0.2, 0.25) is 0 Å². The highest BCUT2D eigenvalue weighted by Gasteiger charge is 2.17. The molecule has 0 atom stereocenters. The van der Waals surface area contributed by atoms with E-state index in [2.05, 4.69) is 4.98 Å². The van der Waals surface area contributed by atoms with Crippen molar-refractivity contribution in [3.05, 3.63) is 22.5 Å². The van der Waals surface area contributed by atoms with Crippen LogP contribution in [0.4, 0.5) is 0 Å². The number of nitrogens with zero attached hydrogens (tertiary/aromatic N) is 1. The van der Waals surface area contributed by atoms with Gasteiger partial charge in [-0.05, 0) is 0 Å². The molecule has 0 bridgehead atoms. The number of rotatable bonds is 4. The Bertz CT molecular complexity index is 353. The van der Waals surface area contributed by atoms with Crippen molar-refractivity contribution in [1.29, 1.82) is 0 Å². The lowest BCUT2D eigenvalue weighted by Gasteiger charge is -2.13. The number of hydrogen-bond acceptors (Lipinski definition) is 6. The third-order valence-corrected chi connectivity index (χ3v) is 2.16. The van der Waals surface area contributed by atoms with Crippen LogP contribution in [0.15, 0.2) is 0 Å². The van der Waals surface area contributed by atoms with E-state index in [0.717, 1.165) is 0 Å². The molecule has 0 unspecified atom stereocenters. The Morgan fingerprint density at radius 3 is 1.67 bits per heavy atom. The van der Waals surface area contributed by atoms with E-state index in [0.29, 0.717) is 0 Å². The fraction of sp³-hybridized carbons (Fsp3) is 0.444. The predicted molar refractivity (Wildman–Crippen MR) is 49.6 cm³/mol. The standard InChI is InChI=1S/C9H13NO5/c11-1-5-6(2-12)9(15)8(4-14)10-7(5)3-13/h11-15H,1-4H2. The fourth-order valence-corrected chi connectivity index (χ4v) is 1.37. The molecule has 0 amide bonds. The Morgan fingerprint density at radius 1 is 0.733 bits per heavy atom. The predicted octanol–water partition coefficient (Wildman–Crippen LogP) is -1.24. The van der Waals surface area contributed by atoms with E-state index in [-0.39, 0.29) is 28.3 Å². The van der Waals surface area contributed by atoms with Gasteiger partial charge >= 0.3 is 0 Å². The monoisotopic (exact) mass is 215 g/mol. The molecule has 15 heavy (non-hydrogen) atoms. The van der Waals surface area contributed by atoms with E-state index in [9.17, 15) is 5.11 Å². The Morgan fingerprint density at radius 2 is 1.27 bits per heavy atom. The van der Waals surface area contributed by atoms with Crippen LogP contribution in [0.1, 0.15) is 22.5 Å². The smallest absolute Gasteiger partial charge is 0.145 e. The summed E-state index contributed by atoms with van der Waals surface area (Å²) in [4.78, 5) is 3.77. The van der Waals surface area contributed by atoms with Gasteiger partial charge < -0.3 is 25.5 Å². The Hall–Kier alpha value is -1.21.